The summed E-state index contributed by atoms with van der Waals surface area (Å²) in [5.74, 6) is 3.01. The van der Waals surface area contributed by atoms with E-state index in [0.717, 1.165) is 36.8 Å². The summed E-state index contributed by atoms with van der Waals surface area (Å²) >= 11 is 1.91. The van der Waals surface area contributed by atoms with Gasteiger partial charge in [0.25, 0.3) is 0 Å². The lowest BCUT2D eigenvalue weighted by Gasteiger charge is -2.36. The molecule has 3 rings (SSSR count). The fourth-order valence-electron chi connectivity index (χ4n) is 2.82. The molecule has 2 aliphatic carbocycles. The molecule has 1 saturated heterocycles. The molecule has 0 amide bonds. The molecular weight excluding hydrogens is 244 g/mol. The van der Waals surface area contributed by atoms with Gasteiger partial charge in [0, 0.05) is 18.4 Å². The molecule has 2 saturated carbocycles. The maximum atomic E-state index is 5.61. The van der Waals surface area contributed by atoms with Gasteiger partial charge in [-0.3, -0.25) is 4.99 Å². The Labute approximate surface area is 114 Å². The van der Waals surface area contributed by atoms with Gasteiger partial charge in [0.15, 0.2) is 5.17 Å². The number of amidine groups is 1. The summed E-state index contributed by atoms with van der Waals surface area (Å²) in [5.41, 5.74) is 0. The number of fused-ring (bicyclic) bond motifs is 1. The zero-order chi connectivity index (χ0) is 12.2. The van der Waals surface area contributed by atoms with Crippen molar-refractivity contribution in [3.63, 3.8) is 0 Å². The molecule has 1 aliphatic heterocycles. The molecule has 4 heteroatoms. The van der Waals surface area contributed by atoms with E-state index in [1.165, 1.54) is 44.3 Å². The minimum Gasteiger partial charge on any atom is -0.379 e. The first kappa shape index (κ1) is 12.8. The SMILES string of the molecule is C1CCC2NC(=NCCOCC3CC3)SCC2C1. The van der Waals surface area contributed by atoms with Crippen molar-refractivity contribution in [3.8, 4) is 0 Å². The van der Waals surface area contributed by atoms with Gasteiger partial charge in [-0.25, -0.2) is 0 Å². The number of aliphatic imine (C=N–C) groups is 1. The predicted octanol–water partition coefficient (Wildman–Crippen LogP) is 2.66. The van der Waals surface area contributed by atoms with Crippen LogP contribution in [-0.4, -0.2) is 36.7 Å². The van der Waals surface area contributed by atoms with E-state index in [-0.39, 0.29) is 0 Å². The van der Waals surface area contributed by atoms with Gasteiger partial charge in [-0.2, -0.15) is 0 Å². The van der Waals surface area contributed by atoms with Crippen LogP contribution in [0.1, 0.15) is 38.5 Å². The first-order valence-electron chi connectivity index (χ1n) is 7.43. The maximum Gasteiger partial charge on any atom is 0.156 e. The minimum atomic E-state index is 0.700. The van der Waals surface area contributed by atoms with E-state index in [2.05, 4.69) is 10.3 Å². The molecule has 0 radical (unpaired) electrons. The van der Waals surface area contributed by atoms with Crippen molar-refractivity contribution in [2.75, 3.05) is 25.5 Å². The van der Waals surface area contributed by atoms with E-state index >= 15 is 0 Å². The van der Waals surface area contributed by atoms with Crippen LogP contribution in [0.3, 0.4) is 0 Å². The second-order valence-electron chi connectivity index (χ2n) is 5.81. The smallest absolute Gasteiger partial charge is 0.156 e. The topological polar surface area (TPSA) is 33.6 Å². The van der Waals surface area contributed by atoms with E-state index in [0.29, 0.717) is 6.04 Å². The Balaban J connectivity index is 1.36. The molecule has 0 aromatic carbocycles. The van der Waals surface area contributed by atoms with E-state index in [9.17, 15) is 0 Å². The molecule has 3 nitrogen and oxygen atoms in total. The number of rotatable bonds is 5. The summed E-state index contributed by atoms with van der Waals surface area (Å²) in [6, 6.07) is 0.700. The highest BCUT2D eigenvalue weighted by Crippen LogP contribution is 2.31. The lowest BCUT2D eigenvalue weighted by Crippen LogP contribution is -2.46. The fourth-order valence-corrected chi connectivity index (χ4v) is 4.01. The summed E-state index contributed by atoms with van der Waals surface area (Å²) in [6.45, 7) is 2.56. The van der Waals surface area contributed by atoms with Crippen LogP contribution >= 0.6 is 11.8 Å². The lowest BCUT2D eigenvalue weighted by atomic mass is 9.86. The van der Waals surface area contributed by atoms with Gasteiger partial charge in [0.05, 0.1) is 13.2 Å². The molecule has 0 bridgehead atoms. The zero-order valence-electron chi connectivity index (χ0n) is 11.1. The highest BCUT2D eigenvalue weighted by Gasteiger charge is 2.30. The zero-order valence-corrected chi connectivity index (χ0v) is 11.9. The van der Waals surface area contributed by atoms with Gasteiger partial charge in [0.2, 0.25) is 0 Å². The summed E-state index contributed by atoms with van der Waals surface area (Å²) in [4.78, 5) is 4.63. The fraction of sp³-hybridized carbons (Fsp3) is 0.929. The Morgan fingerprint density at radius 1 is 1.22 bits per heavy atom. The number of nitrogens with zero attached hydrogens (tertiary/aromatic N) is 1. The number of thioether (sulfide) groups is 1. The van der Waals surface area contributed by atoms with Crippen LogP contribution in [-0.2, 0) is 4.74 Å². The van der Waals surface area contributed by atoms with Gasteiger partial charge in [-0.1, -0.05) is 24.6 Å². The third kappa shape index (κ3) is 3.64. The average molecular weight is 268 g/mol. The summed E-state index contributed by atoms with van der Waals surface area (Å²) < 4.78 is 5.61. The standard InChI is InChI=1S/C14H24N2OS/c1-2-4-13-12(3-1)10-18-14(16-13)15-7-8-17-9-11-5-6-11/h11-13H,1-10H2,(H,15,16). The van der Waals surface area contributed by atoms with E-state index in [1.807, 2.05) is 11.8 Å². The Morgan fingerprint density at radius 2 is 2.11 bits per heavy atom. The van der Waals surface area contributed by atoms with Gasteiger partial charge < -0.3 is 10.1 Å². The van der Waals surface area contributed by atoms with Crippen molar-refractivity contribution in [2.45, 2.75) is 44.6 Å². The second kappa shape index (κ2) is 6.29. The van der Waals surface area contributed by atoms with Crippen LogP contribution in [0.15, 0.2) is 4.99 Å². The molecule has 18 heavy (non-hydrogen) atoms. The molecule has 1 heterocycles. The van der Waals surface area contributed by atoms with Crippen molar-refractivity contribution in [1.82, 2.24) is 5.32 Å². The third-order valence-corrected chi connectivity index (χ3v) is 5.31. The molecule has 0 aromatic heterocycles. The third-order valence-electron chi connectivity index (χ3n) is 4.19. The largest absolute Gasteiger partial charge is 0.379 e. The van der Waals surface area contributed by atoms with E-state index in [4.69, 9.17) is 4.74 Å². The Morgan fingerprint density at radius 3 is 3.00 bits per heavy atom. The molecular formula is C14H24N2OS. The van der Waals surface area contributed by atoms with Crippen molar-refractivity contribution in [2.24, 2.45) is 16.8 Å². The molecule has 2 unspecified atom stereocenters. The molecule has 0 aromatic rings. The van der Waals surface area contributed by atoms with Gasteiger partial charge in [-0.15, -0.1) is 0 Å². The monoisotopic (exact) mass is 268 g/mol. The molecule has 3 aliphatic rings. The van der Waals surface area contributed by atoms with Crippen molar-refractivity contribution >= 4 is 16.9 Å². The van der Waals surface area contributed by atoms with Gasteiger partial charge in [0.1, 0.15) is 0 Å². The number of hydrogen-bond acceptors (Lipinski definition) is 3. The first-order valence-corrected chi connectivity index (χ1v) is 8.42. The van der Waals surface area contributed by atoms with Crippen LogP contribution < -0.4 is 5.32 Å². The quantitative estimate of drug-likeness (QED) is 0.778. The molecule has 102 valence electrons. The Hall–Kier alpha value is -0.220. The van der Waals surface area contributed by atoms with Crippen molar-refractivity contribution in [3.05, 3.63) is 0 Å². The molecule has 0 spiro atoms. The number of ether oxygens (including phenoxy) is 1. The second-order valence-corrected chi connectivity index (χ2v) is 6.82. The van der Waals surface area contributed by atoms with Crippen LogP contribution in [0.25, 0.3) is 0 Å². The van der Waals surface area contributed by atoms with E-state index < -0.39 is 0 Å². The molecule has 3 fully saturated rings. The molecule has 1 N–H and O–H groups in total. The van der Waals surface area contributed by atoms with Gasteiger partial charge in [-0.05, 0) is 37.5 Å². The predicted molar refractivity (Wildman–Crippen MR) is 77.2 cm³/mol. The van der Waals surface area contributed by atoms with Crippen LogP contribution in [0.2, 0.25) is 0 Å². The van der Waals surface area contributed by atoms with Crippen molar-refractivity contribution < 1.29 is 4.74 Å². The highest BCUT2D eigenvalue weighted by molar-refractivity contribution is 8.13. The number of hydrogen-bond donors (Lipinski definition) is 1. The number of nitrogens with one attached hydrogen (secondary N) is 1. The van der Waals surface area contributed by atoms with Crippen LogP contribution in [0, 0.1) is 11.8 Å². The lowest BCUT2D eigenvalue weighted by molar-refractivity contribution is 0.132. The first-order chi connectivity index (χ1) is 8.92. The maximum absolute atomic E-state index is 5.61. The molecule has 2 atom stereocenters. The van der Waals surface area contributed by atoms with Crippen molar-refractivity contribution in [1.29, 1.82) is 0 Å². The minimum absolute atomic E-state index is 0.700. The van der Waals surface area contributed by atoms with Crippen LogP contribution in [0.5, 0.6) is 0 Å². The van der Waals surface area contributed by atoms with Crippen LogP contribution in [0.4, 0.5) is 0 Å². The Kier molecular flexibility index (Phi) is 4.47. The summed E-state index contributed by atoms with van der Waals surface area (Å²) in [7, 11) is 0. The highest BCUT2D eigenvalue weighted by atomic mass is 32.2. The van der Waals surface area contributed by atoms with Gasteiger partial charge >= 0.3 is 0 Å². The average Bonchev–Trinajstić information content (AvgIpc) is 3.22. The van der Waals surface area contributed by atoms with E-state index in [1.54, 1.807) is 0 Å². The normalized spacial score (nSPS) is 34.1. The summed E-state index contributed by atoms with van der Waals surface area (Å²) in [5, 5.41) is 4.79. The Bertz CT molecular complexity index is 304. The summed E-state index contributed by atoms with van der Waals surface area (Å²) in [6.07, 6.45) is 8.29.